The van der Waals surface area contributed by atoms with Gasteiger partial charge in [-0.2, -0.15) is 5.10 Å². The summed E-state index contributed by atoms with van der Waals surface area (Å²) in [6, 6.07) is 6.90. The first kappa shape index (κ1) is 14.9. The summed E-state index contributed by atoms with van der Waals surface area (Å²) in [6.07, 6.45) is 7.05. The van der Waals surface area contributed by atoms with E-state index in [9.17, 15) is 5.11 Å². The van der Waals surface area contributed by atoms with Gasteiger partial charge in [-0.1, -0.05) is 23.2 Å². The average Bonchev–Trinajstić information content (AvgIpc) is 2.94. The molecule has 0 fully saturated rings. The highest BCUT2D eigenvalue weighted by Crippen LogP contribution is 2.43. The highest BCUT2D eigenvalue weighted by Gasteiger charge is 2.25. The largest absolute Gasteiger partial charge is 0.508 e. The van der Waals surface area contributed by atoms with Crippen molar-refractivity contribution in [3.63, 3.8) is 0 Å². The fourth-order valence-electron chi connectivity index (χ4n) is 2.50. The van der Waals surface area contributed by atoms with Gasteiger partial charge in [-0.25, -0.2) is 0 Å². The Labute approximate surface area is 138 Å². The van der Waals surface area contributed by atoms with Crippen LogP contribution in [0.2, 0.25) is 10.0 Å². The van der Waals surface area contributed by atoms with Crippen LogP contribution in [0.5, 0.6) is 5.75 Å². The second kappa shape index (κ2) is 5.99. The molecule has 2 heterocycles. The summed E-state index contributed by atoms with van der Waals surface area (Å²) < 4.78 is 1.71. The van der Waals surface area contributed by atoms with Crippen LogP contribution in [0.1, 0.15) is 22.6 Å². The normalized spacial score (nSPS) is 12.3. The number of phenols is 1. The van der Waals surface area contributed by atoms with E-state index in [1.807, 2.05) is 25.4 Å². The zero-order valence-electron chi connectivity index (χ0n) is 11.7. The second-order valence-electron chi connectivity index (χ2n) is 4.96. The number of aromatic nitrogens is 3. The van der Waals surface area contributed by atoms with Crippen molar-refractivity contribution in [2.75, 3.05) is 0 Å². The van der Waals surface area contributed by atoms with E-state index in [0.29, 0.717) is 15.6 Å². The lowest BCUT2D eigenvalue weighted by molar-refractivity contribution is 0.467. The van der Waals surface area contributed by atoms with Crippen molar-refractivity contribution in [3.8, 4) is 5.75 Å². The van der Waals surface area contributed by atoms with Crippen molar-refractivity contribution in [1.82, 2.24) is 14.8 Å². The van der Waals surface area contributed by atoms with E-state index in [1.54, 1.807) is 35.4 Å². The maximum atomic E-state index is 10.3. The fraction of sp³-hybridized carbons (Fsp3) is 0.125. The minimum absolute atomic E-state index is 0.0973. The molecule has 0 radical (unpaired) electrons. The molecular weight excluding hydrogens is 321 g/mol. The number of nitrogens with zero attached hydrogens (tertiary/aromatic N) is 3. The molecule has 1 atom stereocenters. The average molecular weight is 334 g/mol. The zero-order valence-corrected chi connectivity index (χ0v) is 13.3. The van der Waals surface area contributed by atoms with E-state index in [1.165, 1.54) is 0 Å². The van der Waals surface area contributed by atoms with E-state index < -0.39 is 0 Å². The molecule has 112 valence electrons. The minimum atomic E-state index is -0.275. The van der Waals surface area contributed by atoms with E-state index in [0.717, 1.165) is 11.1 Å². The van der Waals surface area contributed by atoms with Crippen LogP contribution in [0, 0.1) is 0 Å². The third kappa shape index (κ3) is 2.67. The third-order valence-electron chi connectivity index (χ3n) is 3.50. The molecule has 3 aromatic rings. The minimum Gasteiger partial charge on any atom is -0.508 e. The number of benzene rings is 1. The lowest BCUT2D eigenvalue weighted by Gasteiger charge is -2.19. The summed E-state index contributed by atoms with van der Waals surface area (Å²) in [5, 5.41) is 15.3. The summed E-state index contributed by atoms with van der Waals surface area (Å²) >= 11 is 12.5. The van der Waals surface area contributed by atoms with E-state index in [2.05, 4.69) is 10.1 Å². The molecule has 0 aliphatic rings. The van der Waals surface area contributed by atoms with Crippen LogP contribution in [0.15, 0.2) is 49.1 Å². The number of aryl methyl sites for hydroxylation is 1. The molecule has 4 nitrogen and oxygen atoms in total. The lowest BCUT2D eigenvalue weighted by Crippen LogP contribution is -2.04. The molecule has 3 rings (SSSR count). The predicted octanol–water partition coefficient (Wildman–Crippen LogP) is 4.01. The smallest absolute Gasteiger partial charge is 0.121 e. The first-order valence-corrected chi connectivity index (χ1v) is 7.39. The number of hydrogen-bond donors (Lipinski definition) is 1. The SMILES string of the molecule is Cn1cc(C(c2ccncc2)c2c(O)ccc(Cl)c2Cl)cn1. The van der Waals surface area contributed by atoms with Crippen LogP contribution >= 0.6 is 23.2 Å². The van der Waals surface area contributed by atoms with E-state index in [-0.39, 0.29) is 11.7 Å². The standard InChI is InChI=1S/C16H13Cl2N3O/c1-21-9-11(8-20-21)14(10-4-6-19-7-5-10)15-13(22)3-2-12(17)16(15)18/h2-9,14,22H,1H3. The van der Waals surface area contributed by atoms with E-state index >= 15 is 0 Å². The molecule has 0 amide bonds. The van der Waals surface area contributed by atoms with Gasteiger partial charge in [-0.3, -0.25) is 9.67 Å². The van der Waals surface area contributed by atoms with Crippen molar-refractivity contribution in [3.05, 3.63) is 75.8 Å². The number of phenolic OH excluding ortho intramolecular Hbond substituents is 1. The maximum Gasteiger partial charge on any atom is 0.121 e. The van der Waals surface area contributed by atoms with Crippen LogP contribution in [0.4, 0.5) is 0 Å². The maximum absolute atomic E-state index is 10.3. The van der Waals surface area contributed by atoms with Crippen LogP contribution < -0.4 is 0 Å². The molecule has 0 spiro atoms. The fourth-order valence-corrected chi connectivity index (χ4v) is 2.94. The first-order chi connectivity index (χ1) is 10.6. The molecule has 0 saturated carbocycles. The Balaban J connectivity index is 2.25. The Morgan fingerprint density at radius 2 is 1.82 bits per heavy atom. The summed E-state index contributed by atoms with van der Waals surface area (Å²) in [7, 11) is 1.84. The van der Waals surface area contributed by atoms with Gasteiger partial charge in [-0.15, -0.1) is 0 Å². The van der Waals surface area contributed by atoms with Gasteiger partial charge in [0.2, 0.25) is 0 Å². The van der Waals surface area contributed by atoms with Crippen molar-refractivity contribution in [2.45, 2.75) is 5.92 Å². The van der Waals surface area contributed by atoms with Crippen LogP contribution in [0.25, 0.3) is 0 Å². The number of pyridine rings is 1. The van der Waals surface area contributed by atoms with Crippen LogP contribution in [-0.2, 0) is 7.05 Å². The third-order valence-corrected chi connectivity index (χ3v) is 4.31. The van der Waals surface area contributed by atoms with Gasteiger partial charge in [0.25, 0.3) is 0 Å². The molecule has 2 aromatic heterocycles. The van der Waals surface area contributed by atoms with Crippen molar-refractivity contribution >= 4 is 23.2 Å². The second-order valence-corrected chi connectivity index (χ2v) is 5.74. The van der Waals surface area contributed by atoms with Crippen molar-refractivity contribution in [1.29, 1.82) is 0 Å². The molecule has 0 aliphatic heterocycles. The number of aromatic hydroxyl groups is 1. The number of hydrogen-bond acceptors (Lipinski definition) is 3. The van der Waals surface area contributed by atoms with Gasteiger partial charge >= 0.3 is 0 Å². The van der Waals surface area contributed by atoms with Gasteiger partial charge in [0, 0.05) is 42.7 Å². The number of halogens is 2. The molecule has 1 N–H and O–H groups in total. The first-order valence-electron chi connectivity index (χ1n) is 6.63. The lowest BCUT2D eigenvalue weighted by atomic mass is 9.86. The predicted molar refractivity (Wildman–Crippen MR) is 86.5 cm³/mol. The highest BCUT2D eigenvalue weighted by atomic mass is 35.5. The molecule has 6 heteroatoms. The Morgan fingerprint density at radius 3 is 2.45 bits per heavy atom. The Morgan fingerprint density at radius 1 is 1.09 bits per heavy atom. The van der Waals surface area contributed by atoms with Gasteiger partial charge in [-0.05, 0) is 29.8 Å². The summed E-state index contributed by atoms with van der Waals surface area (Å²) in [5.41, 5.74) is 2.42. The molecule has 1 aromatic carbocycles. The van der Waals surface area contributed by atoms with Gasteiger partial charge in [0.1, 0.15) is 5.75 Å². The Bertz CT molecular complexity index is 802. The van der Waals surface area contributed by atoms with E-state index in [4.69, 9.17) is 23.2 Å². The van der Waals surface area contributed by atoms with Crippen molar-refractivity contribution < 1.29 is 5.11 Å². The molecule has 0 aliphatic carbocycles. The summed E-state index contributed by atoms with van der Waals surface area (Å²) in [4.78, 5) is 4.04. The monoisotopic (exact) mass is 333 g/mol. The number of rotatable bonds is 3. The molecule has 0 saturated heterocycles. The molecule has 22 heavy (non-hydrogen) atoms. The quantitative estimate of drug-likeness (QED) is 0.787. The van der Waals surface area contributed by atoms with Crippen LogP contribution in [-0.4, -0.2) is 19.9 Å². The van der Waals surface area contributed by atoms with Crippen molar-refractivity contribution in [2.24, 2.45) is 7.05 Å². The Hall–Kier alpha value is -2.04. The summed E-state index contributed by atoms with van der Waals surface area (Å²) in [5.74, 6) is -0.178. The Kier molecular flexibility index (Phi) is 4.05. The zero-order chi connectivity index (χ0) is 15.7. The topological polar surface area (TPSA) is 50.9 Å². The van der Waals surface area contributed by atoms with Gasteiger partial charge < -0.3 is 5.11 Å². The van der Waals surface area contributed by atoms with Crippen LogP contribution in [0.3, 0.4) is 0 Å². The summed E-state index contributed by atoms with van der Waals surface area (Å²) in [6.45, 7) is 0. The van der Waals surface area contributed by atoms with Gasteiger partial charge in [0.15, 0.2) is 0 Å². The molecular formula is C16H13Cl2N3O. The molecule has 0 bridgehead atoms. The van der Waals surface area contributed by atoms with Gasteiger partial charge in [0.05, 0.1) is 16.2 Å². The molecule has 1 unspecified atom stereocenters. The highest BCUT2D eigenvalue weighted by molar-refractivity contribution is 6.42.